The minimum absolute atomic E-state index is 0.0103. The number of fused-ring (bicyclic) bond motifs is 4. The zero-order valence-corrected chi connectivity index (χ0v) is 28.7. The molecule has 0 aromatic heterocycles. The first kappa shape index (κ1) is 33.6. The monoisotopic (exact) mass is 713 g/mol. The predicted molar refractivity (Wildman–Crippen MR) is 187 cm³/mol. The second-order valence-corrected chi connectivity index (χ2v) is 14.4. The number of carbonyl (C=O) groups excluding carboxylic acids is 4. The van der Waals surface area contributed by atoms with Gasteiger partial charge < -0.3 is 19.5 Å². The molecule has 1 N–H and O–H groups in total. The van der Waals surface area contributed by atoms with E-state index in [0.29, 0.717) is 36.6 Å². The summed E-state index contributed by atoms with van der Waals surface area (Å²) in [4.78, 5) is 62.3. The summed E-state index contributed by atoms with van der Waals surface area (Å²) in [6, 6.07) is 18.4. The molecule has 3 aromatic rings. The molecule has 5 aliphatic rings. The van der Waals surface area contributed by atoms with Crippen LogP contribution < -0.4 is 19.4 Å². The highest BCUT2D eigenvalue weighted by molar-refractivity contribution is 6.32. The van der Waals surface area contributed by atoms with E-state index in [4.69, 9.17) is 21.1 Å². The van der Waals surface area contributed by atoms with Crippen molar-refractivity contribution >= 4 is 52.3 Å². The van der Waals surface area contributed by atoms with Crippen LogP contribution in [-0.4, -0.2) is 68.3 Å². The largest absolute Gasteiger partial charge is 0.491 e. The normalized spacial score (nSPS) is 28.8. The number of nitrogens with zero attached hydrogens (tertiary/aromatic N) is 3. The number of morpholine rings is 1. The zero-order valence-electron chi connectivity index (χ0n) is 28.0. The Morgan fingerprint density at radius 3 is 2.33 bits per heavy atom. The standard InChI is InChI=1S/C39H37ClFN3O7/c1-39-29(36(47)44(38(39)49)24-10-13-31(41)30(40)20-24)21-28-25(34(39)26-4-2-3-5-32(26)51-19-16-45)11-12-27-33(28)37(48)43(35(27)46)23-8-6-22(7-9-23)42-14-17-50-18-15-42/h2-11,13,20,27-29,33-34,45H,12,14-19,21H2,1H3/t27-,28+,29-,33-,34+,39+/m0/s1. The molecule has 3 aromatic carbocycles. The highest BCUT2D eigenvalue weighted by atomic mass is 35.5. The summed E-state index contributed by atoms with van der Waals surface area (Å²) in [6.07, 6.45) is 2.43. The summed E-state index contributed by atoms with van der Waals surface area (Å²) in [6.45, 7) is 4.32. The third-order valence-electron chi connectivity index (χ3n) is 11.5. The Balaban J connectivity index is 1.20. The maximum absolute atomic E-state index is 14.7. The minimum Gasteiger partial charge on any atom is -0.491 e. The number of halogens is 2. The number of hydrogen-bond acceptors (Lipinski definition) is 8. The Kier molecular flexibility index (Phi) is 8.47. The molecule has 0 unspecified atom stereocenters. The maximum atomic E-state index is 14.7. The molecule has 3 aliphatic heterocycles. The van der Waals surface area contributed by atoms with Crippen molar-refractivity contribution in [1.29, 1.82) is 0 Å². The second-order valence-electron chi connectivity index (χ2n) is 14.0. The maximum Gasteiger partial charge on any atom is 0.241 e. The molecule has 10 nitrogen and oxygen atoms in total. The van der Waals surface area contributed by atoms with Crippen LogP contribution >= 0.6 is 11.6 Å². The third-order valence-corrected chi connectivity index (χ3v) is 11.8. The Morgan fingerprint density at radius 1 is 0.902 bits per heavy atom. The SMILES string of the molecule is C[C@@]12C(=O)N(c3ccc(F)c(Cl)c3)C(=O)[C@@H]1C[C@@H]1C(=CC[C@@H]3C(=O)N(c4ccc(N5CCOCC5)cc4)C(=O)[C@@H]31)[C@@H]2c1ccccc1OCCO. The van der Waals surface area contributed by atoms with Crippen LogP contribution in [0.2, 0.25) is 5.02 Å². The van der Waals surface area contributed by atoms with Crippen LogP contribution in [0.15, 0.2) is 78.4 Å². The molecule has 8 rings (SSSR count). The number of imide groups is 2. The highest BCUT2D eigenvalue weighted by Crippen LogP contribution is 2.64. The zero-order chi connectivity index (χ0) is 35.6. The van der Waals surface area contributed by atoms with Crippen molar-refractivity contribution in [1.82, 2.24) is 0 Å². The van der Waals surface area contributed by atoms with Crippen LogP contribution in [0.1, 0.15) is 31.2 Å². The number of rotatable bonds is 7. The fourth-order valence-electron chi connectivity index (χ4n) is 9.12. The Morgan fingerprint density at radius 2 is 1.61 bits per heavy atom. The van der Waals surface area contributed by atoms with Crippen molar-refractivity contribution in [3.8, 4) is 5.75 Å². The third kappa shape index (κ3) is 5.19. The van der Waals surface area contributed by atoms with Gasteiger partial charge in [-0.3, -0.25) is 24.1 Å². The fraction of sp³-hybridized carbons (Fsp3) is 0.385. The van der Waals surface area contributed by atoms with Gasteiger partial charge in [-0.15, -0.1) is 0 Å². The molecule has 0 radical (unpaired) electrons. The molecule has 6 atom stereocenters. The predicted octanol–water partition coefficient (Wildman–Crippen LogP) is 5.12. The van der Waals surface area contributed by atoms with Gasteiger partial charge in [0.25, 0.3) is 0 Å². The van der Waals surface area contributed by atoms with Crippen molar-refractivity contribution in [2.24, 2.45) is 29.1 Å². The number of aliphatic hydroxyl groups is 1. The minimum atomic E-state index is -1.33. The van der Waals surface area contributed by atoms with Crippen LogP contribution in [0.25, 0.3) is 0 Å². The second kappa shape index (κ2) is 12.9. The van der Waals surface area contributed by atoms with Gasteiger partial charge in [0, 0.05) is 30.3 Å². The molecule has 0 bridgehead atoms. The first-order chi connectivity index (χ1) is 24.6. The van der Waals surface area contributed by atoms with Crippen LogP contribution in [-0.2, 0) is 23.9 Å². The number of amides is 4. The van der Waals surface area contributed by atoms with Crippen LogP contribution in [0, 0.1) is 34.9 Å². The summed E-state index contributed by atoms with van der Waals surface area (Å²) in [5, 5.41) is 9.37. The van der Waals surface area contributed by atoms with Gasteiger partial charge in [0.05, 0.1) is 59.4 Å². The fourth-order valence-corrected chi connectivity index (χ4v) is 9.30. The van der Waals surface area contributed by atoms with E-state index in [1.807, 2.05) is 30.3 Å². The number of allylic oxidation sites excluding steroid dienone is 2. The van der Waals surface area contributed by atoms with E-state index < -0.39 is 52.6 Å². The van der Waals surface area contributed by atoms with Crippen molar-refractivity contribution in [2.75, 3.05) is 54.2 Å². The Bertz CT molecular complexity index is 1960. The van der Waals surface area contributed by atoms with Gasteiger partial charge in [-0.25, -0.2) is 9.29 Å². The number of ether oxygens (including phenoxy) is 2. The molecular weight excluding hydrogens is 677 g/mol. The molecule has 0 spiro atoms. The highest BCUT2D eigenvalue weighted by Gasteiger charge is 2.68. The van der Waals surface area contributed by atoms with E-state index in [1.165, 1.54) is 17.0 Å². The van der Waals surface area contributed by atoms with Gasteiger partial charge in [0.1, 0.15) is 18.2 Å². The Hall–Kier alpha value is -4.58. The number of aliphatic hydroxyl groups excluding tert-OH is 1. The number of carbonyl (C=O) groups is 4. The van der Waals surface area contributed by atoms with E-state index in [0.717, 1.165) is 35.3 Å². The van der Waals surface area contributed by atoms with E-state index in [-0.39, 0.29) is 42.2 Å². The van der Waals surface area contributed by atoms with E-state index in [1.54, 1.807) is 31.2 Å². The van der Waals surface area contributed by atoms with Crippen LogP contribution in [0.3, 0.4) is 0 Å². The molecule has 4 fully saturated rings. The summed E-state index contributed by atoms with van der Waals surface area (Å²) < 4.78 is 25.7. The molecule has 3 saturated heterocycles. The quantitative estimate of drug-likeness (QED) is 0.265. The lowest BCUT2D eigenvalue weighted by Gasteiger charge is -2.49. The van der Waals surface area contributed by atoms with Gasteiger partial charge >= 0.3 is 0 Å². The first-order valence-electron chi connectivity index (χ1n) is 17.3. The molecule has 51 heavy (non-hydrogen) atoms. The summed E-state index contributed by atoms with van der Waals surface area (Å²) in [5.74, 6) is -5.28. The van der Waals surface area contributed by atoms with Crippen molar-refractivity contribution in [2.45, 2.75) is 25.7 Å². The molecule has 4 amide bonds. The lowest BCUT2D eigenvalue weighted by atomic mass is 9.51. The average Bonchev–Trinajstić information content (AvgIpc) is 3.52. The number of benzene rings is 3. The molecule has 264 valence electrons. The lowest BCUT2D eigenvalue weighted by Crippen LogP contribution is -2.49. The molecular formula is C39H37ClFN3O7. The molecule has 12 heteroatoms. The number of anilines is 3. The Labute approximate surface area is 299 Å². The average molecular weight is 714 g/mol. The van der Waals surface area contributed by atoms with Crippen LogP contribution in [0.5, 0.6) is 5.75 Å². The van der Waals surface area contributed by atoms with E-state index >= 15 is 0 Å². The lowest BCUT2D eigenvalue weighted by molar-refractivity contribution is -0.131. The molecule has 3 heterocycles. The van der Waals surface area contributed by atoms with E-state index in [9.17, 15) is 28.7 Å². The summed E-state index contributed by atoms with van der Waals surface area (Å²) in [7, 11) is 0. The van der Waals surface area contributed by atoms with Gasteiger partial charge in [-0.1, -0.05) is 41.4 Å². The van der Waals surface area contributed by atoms with Crippen molar-refractivity contribution < 1.29 is 38.1 Å². The number of para-hydroxylation sites is 1. The summed E-state index contributed by atoms with van der Waals surface area (Å²) >= 11 is 6.12. The van der Waals surface area contributed by atoms with Gasteiger partial charge in [-0.05, 0) is 74.2 Å². The first-order valence-corrected chi connectivity index (χ1v) is 17.7. The smallest absolute Gasteiger partial charge is 0.241 e. The summed E-state index contributed by atoms with van der Waals surface area (Å²) in [5.41, 5.74) is 1.75. The topological polar surface area (TPSA) is 117 Å². The van der Waals surface area contributed by atoms with E-state index in [2.05, 4.69) is 4.90 Å². The van der Waals surface area contributed by atoms with Crippen molar-refractivity contribution in [3.63, 3.8) is 0 Å². The van der Waals surface area contributed by atoms with Gasteiger partial charge in [-0.2, -0.15) is 0 Å². The number of hydrogen-bond donors (Lipinski definition) is 1. The van der Waals surface area contributed by atoms with Crippen LogP contribution in [0.4, 0.5) is 21.5 Å². The molecule has 1 saturated carbocycles. The van der Waals surface area contributed by atoms with Gasteiger partial charge in [0.2, 0.25) is 23.6 Å². The van der Waals surface area contributed by atoms with Gasteiger partial charge in [0.15, 0.2) is 0 Å². The van der Waals surface area contributed by atoms with Crippen molar-refractivity contribution in [3.05, 3.63) is 94.8 Å². The molecule has 2 aliphatic carbocycles.